The summed E-state index contributed by atoms with van der Waals surface area (Å²) in [4.78, 5) is 25.2. The second kappa shape index (κ2) is 4.07. The lowest BCUT2D eigenvalue weighted by Gasteiger charge is -2.09. The minimum Gasteiger partial charge on any atom is -0.252 e. The Bertz CT molecular complexity index is 514. The van der Waals surface area contributed by atoms with Crippen LogP contribution in [-0.4, -0.2) is 35.0 Å². The third-order valence-electron chi connectivity index (χ3n) is 1.77. The number of halogens is 3. The highest BCUT2D eigenvalue weighted by Gasteiger charge is 2.78. The number of hydrogen-bond donors (Lipinski definition) is 0. The Hall–Kier alpha value is -2.94. The van der Waals surface area contributed by atoms with Crippen LogP contribution < -0.4 is 0 Å². The van der Waals surface area contributed by atoms with Gasteiger partial charge in [-0.3, -0.25) is 30.3 Å². The maximum Gasteiger partial charge on any atom is 0.765 e. The van der Waals surface area contributed by atoms with Crippen molar-refractivity contribution in [3.63, 3.8) is 0 Å². The number of hydrogen-bond acceptors (Lipinski definition) is 9. The van der Waals surface area contributed by atoms with E-state index < -0.39 is 37.4 Å². The first-order valence-corrected chi connectivity index (χ1v) is 3.85. The van der Waals surface area contributed by atoms with Crippen molar-refractivity contribution in [2.45, 2.75) is 12.1 Å². The Kier molecular flexibility index (Phi) is 3.02. The lowest BCUT2D eigenvalue weighted by molar-refractivity contribution is -0.987. The number of rotatable bonds is 4. The van der Waals surface area contributed by atoms with Crippen LogP contribution in [0.25, 0.3) is 0 Å². The van der Waals surface area contributed by atoms with Crippen LogP contribution in [0.4, 0.5) is 13.2 Å². The third-order valence-corrected chi connectivity index (χ3v) is 1.77. The summed E-state index contributed by atoms with van der Waals surface area (Å²) in [6.45, 7) is 0. The zero-order valence-electron chi connectivity index (χ0n) is 8.21. The average molecular weight is 287 g/mol. The number of aromatic nitrogens is 4. The fraction of sp³-hybridized carbons (Fsp3) is 0.667. The van der Waals surface area contributed by atoms with Crippen LogP contribution in [0.2, 0.25) is 0 Å². The molecule has 0 N–H and O–H groups in total. The molecule has 16 heteroatoms. The summed E-state index contributed by atoms with van der Waals surface area (Å²) >= 11 is 0. The minimum atomic E-state index is -5.51. The highest BCUT2D eigenvalue weighted by atomic mass is 19.4. The second-order valence-electron chi connectivity index (χ2n) is 2.79. The Morgan fingerprint density at radius 3 is 1.74 bits per heavy atom. The van der Waals surface area contributed by atoms with Crippen LogP contribution in [0.1, 0.15) is 5.82 Å². The lowest BCUT2D eigenvalue weighted by Crippen LogP contribution is -2.53. The van der Waals surface area contributed by atoms with E-state index in [1.165, 1.54) is 0 Å². The summed E-state index contributed by atoms with van der Waals surface area (Å²) in [6, 6.07) is 0. The van der Waals surface area contributed by atoms with Gasteiger partial charge >= 0.3 is 17.9 Å². The van der Waals surface area contributed by atoms with E-state index in [9.17, 15) is 43.5 Å². The van der Waals surface area contributed by atoms with E-state index in [-0.39, 0.29) is 0 Å². The molecule has 0 radical (unpaired) electrons. The van der Waals surface area contributed by atoms with E-state index in [0.717, 1.165) is 0 Å². The predicted octanol–water partition coefficient (Wildman–Crippen LogP) is -0.910. The molecule has 0 aliphatic carbocycles. The average Bonchev–Trinajstić information content (AvgIpc) is 2.64. The molecule has 1 rings (SSSR count). The minimum absolute atomic E-state index is 1.32. The van der Waals surface area contributed by atoms with Crippen molar-refractivity contribution in [2.24, 2.45) is 0 Å². The number of alkyl halides is 3. The molecule has 0 aliphatic rings. The maximum absolute atomic E-state index is 12.4. The molecular weight excluding hydrogens is 287 g/mol. The molecule has 0 atom stereocenters. The van der Waals surface area contributed by atoms with Crippen molar-refractivity contribution in [1.29, 1.82) is 0 Å². The summed E-state index contributed by atoms with van der Waals surface area (Å²) in [5.41, 5.74) is 0. The predicted molar refractivity (Wildman–Crippen MR) is 41.8 cm³/mol. The molecule has 0 saturated heterocycles. The molecule has 0 fully saturated rings. The highest BCUT2D eigenvalue weighted by Crippen LogP contribution is 2.30. The Balaban J connectivity index is 3.70. The summed E-state index contributed by atoms with van der Waals surface area (Å²) in [7, 11) is 0. The van der Waals surface area contributed by atoms with Gasteiger partial charge in [0, 0.05) is 0 Å². The Morgan fingerprint density at radius 1 is 1.00 bits per heavy atom. The SMILES string of the molecule is O=[N+]([O-])C(c1nnnn1C(F)(F)F)([N+](=O)[O-])[N+](=O)[O-]. The van der Waals surface area contributed by atoms with E-state index in [1.807, 2.05) is 0 Å². The van der Waals surface area contributed by atoms with Gasteiger partial charge < -0.3 is 0 Å². The number of nitro groups is 3. The third kappa shape index (κ3) is 1.87. The van der Waals surface area contributed by atoms with Gasteiger partial charge in [0.1, 0.15) is 0 Å². The molecule has 0 amide bonds. The van der Waals surface area contributed by atoms with Crippen molar-refractivity contribution in [1.82, 2.24) is 20.2 Å². The van der Waals surface area contributed by atoms with Crippen molar-refractivity contribution in [3.05, 3.63) is 36.2 Å². The van der Waals surface area contributed by atoms with E-state index >= 15 is 0 Å². The van der Waals surface area contributed by atoms with Gasteiger partial charge in [0.25, 0.3) is 0 Å². The van der Waals surface area contributed by atoms with Crippen molar-refractivity contribution < 1.29 is 27.9 Å². The van der Waals surface area contributed by atoms with Gasteiger partial charge in [-0.2, -0.15) is 0 Å². The molecular formula is C3F3N7O6. The molecule has 13 nitrogen and oxygen atoms in total. The molecule has 0 bridgehead atoms. The Morgan fingerprint density at radius 2 is 1.42 bits per heavy atom. The first-order valence-electron chi connectivity index (χ1n) is 3.85. The van der Waals surface area contributed by atoms with Gasteiger partial charge in [-0.25, -0.2) is 0 Å². The molecule has 0 spiro atoms. The van der Waals surface area contributed by atoms with Gasteiger partial charge in [0.2, 0.25) is 0 Å². The van der Waals surface area contributed by atoms with Crippen LogP contribution in [0, 0.1) is 30.3 Å². The first-order chi connectivity index (χ1) is 8.56. The fourth-order valence-electron chi connectivity index (χ4n) is 1.01. The second-order valence-corrected chi connectivity index (χ2v) is 2.79. The standard InChI is InChI=1S/C3F3N7O6/c4-3(5,6)10-1(7-8-9-10)2(11(14)15,12(16)17)13(18)19. The molecule has 0 saturated carbocycles. The van der Waals surface area contributed by atoms with Crippen LogP contribution in [-0.2, 0) is 12.1 Å². The maximum atomic E-state index is 12.4. The highest BCUT2D eigenvalue weighted by molar-refractivity contribution is 4.88. The number of tetrazole rings is 1. The zero-order chi connectivity index (χ0) is 15.0. The quantitative estimate of drug-likeness (QED) is 0.385. The fourth-order valence-corrected chi connectivity index (χ4v) is 1.01. The molecule has 0 unspecified atom stereocenters. The Labute approximate surface area is 97.6 Å². The van der Waals surface area contributed by atoms with E-state index in [0.29, 0.717) is 0 Å². The molecule has 0 aliphatic heterocycles. The molecule has 1 aromatic heterocycles. The topological polar surface area (TPSA) is 173 Å². The normalized spacial score (nSPS) is 12.2. The molecule has 19 heavy (non-hydrogen) atoms. The van der Waals surface area contributed by atoms with Gasteiger partial charge in [-0.1, -0.05) is 5.10 Å². The van der Waals surface area contributed by atoms with Crippen LogP contribution in [0.5, 0.6) is 0 Å². The van der Waals surface area contributed by atoms with Gasteiger partial charge in [0.15, 0.2) is 14.8 Å². The molecule has 1 aromatic rings. The zero-order valence-corrected chi connectivity index (χ0v) is 8.21. The van der Waals surface area contributed by atoms with Gasteiger partial charge in [-0.15, -0.1) is 17.9 Å². The molecule has 1 heterocycles. The first kappa shape index (κ1) is 14.1. The monoisotopic (exact) mass is 287 g/mol. The van der Waals surface area contributed by atoms with E-state index in [4.69, 9.17) is 0 Å². The van der Waals surface area contributed by atoms with E-state index in [1.54, 1.807) is 0 Å². The molecule has 0 aromatic carbocycles. The van der Waals surface area contributed by atoms with Crippen molar-refractivity contribution >= 4 is 0 Å². The van der Waals surface area contributed by atoms with Crippen LogP contribution in [0.3, 0.4) is 0 Å². The summed E-state index contributed by atoms with van der Waals surface area (Å²) in [6.07, 6.45) is -5.51. The van der Waals surface area contributed by atoms with Crippen LogP contribution >= 0.6 is 0 Å². The number of nitrogens with zero attached hydrogens (tertiary/aromatic N) is 7. The van der Waals surface area contributed by atoms with Crippen LogP contribution in [0.15, 0.2) is 0 Å². The molecule has 104 valence electrons. The summed E-state index contributed by atoms with van der Waals surface area (Å²) < 4.78 is 35.7. The van der Waals surface area contributed by atoms with Crippen molar-refractivity contribution in [2.75, 3.05) is 0 Å². The van der Waals surface area contributed by atoms with Crippen molar-refractivity contribution in [3.8, 4) is 0 Å². The smallest absolute Gasteiger partial charge is 0.252 e. The lowest BCUT2D eigenvalue weighted by atomic mass is 10.3. The summed E-state index contributed by atoms with van der Waals surface area (Å²) in [5.74, 6) is -6.75. The van der Waals surface area contributed by atoms with E-state index in [2.05, 4.69) is 15.5 Å². The largest absolute Gasteiger partial charge is 0.765 e. The summed E-state index contributed by atoms with van der Waals surface area (Å²) in [5, 5.41) is 38.5. The van der Waals surface area contributed by atoms with Gasteiger partial charge in [0.05, 0.1) is 0 Å². The van der Waals surface area contributed by atoms with Gasteiger partial charge in [-0.05, 0) is 10.4 Å².